The molecule has 0 amide bonds. The molecule has 0 saturated heterocycles. The van der Waals surface area contributed by atoms with E-state index in [-0.39, 0.29) is 0 Å². The van der Waals surface area contributed by atoms with E-state index >= 15 is 0 Å². The number of fused-ring (bicyclic) bond motifs is 2. The summed E-state index contributed by atoms with van der Waals surface area (Å²) in [5, 5.41) is 0.530. The number of halogens is 1. The molecule has 0 fully saturated rings. The summed E-state index contributed by atoms with van der Waals surface area (Å²) in [6, 6.07) is 18.0. The zero-order valence-electron chi connectivity index (χ0n) is 13.3. The molecular formula is C20H13ClO4. The van der Waals surface area contributed by atoms with Crippen LogP contribution in [0.15, 0.2) is 60.7 Å². The lowest BCUT2D eigenvalue weighted by Gasteiger charge is -2.21. The predicted molar refractivity (Wildman–Crippen MR) is 94.8 cm³/mol. The van der Waals surface area contributed by atoms with Gasteiger partial charge in [-0.3, -0.25) is 0 Å². The molecule has 4 rings (SSSR count). The zero-order chi connectivity index (χ0) is 17.4. The van der Waals surface area contributed by atoms with E-state index < -0.39 is 5.97 Å². The topological polar surface area (TPSA) is 44.8 Å². The van der Waals surface area contributed by atoms with Crippen LogP contribution in [0, 0.1) is 0 Å². The Hall–Kier alpha value is -2.98. The molecule has 4 nitrogen and oxygen atoms in total. The Morgan fingerprint density at radius 2 is 1.56 bits per heavy atom. The van der Waals surface area contributed by atoms with E-state index in [1.807, 2.05) is 42.5 Å². The minimum atomic E-state index is -0.424. The number of hydrogen-bond acceptors (Lipinski definition) is 4. The summed E-state index contributed by atoms with van der Waals surface area (Å²) in [7, 11) is 1.35. The van der Waals surface area contributed by atoms with Crippen LogP contribution in [-0.2, 0) is 4.74 Å². The fraction of sp³-hybridized carbons (Fsp3) is 0.0500. The van der Waals surface area contributed by atoms with Crippen molar-refractivity contribution in [3.05, 3.63) is 71.2 Å². The molecule has 1 aliphatic heterocycles. The second-order valence-electron chi connectivity index (χ2n) is 5.49. The van der Waals surface area contributed by atoms with Crippen LogP contribution in [-0.4, -0.2) is 13.1 Å². The van der Waals surface area contributed by atoms with Crippen LogP contribution in [0.2, 0.25) is 5.02 Å². The molecule has 0 radical (unpaired) electrons. The molecule has 124 valence electrons. The summed E-state index contributed by atoms with van der Waals surface area (Å²) in [6.45, 7) is 0. The van der Waals surface area contributed by atoms with Gasteiger partial charge in [-0.2, -0.15) is 0 Å². The molecule has 3 aromatic rings. The fourth-order valence-corrected chi connectivity index (χ4v) is 2.91. The van der Waals surface area contributed by atoms with Gasteiger partial charge in [0, 0.05) is 5.02 Å². The second-order valence-corrected chi connectivity index (χ2v) is 5.93. The largest absolute Gasteiger partial charge is 0.465 e. The van der Waals surface area contributed by atoms with Crippen molar-refractivity contribution in [2.75, 3.05) is 7.11 Å². The number of benzene rings is 3. The Kier molecular flexibility index (Phi) is 3.82. The van der Waals surface area contributed by atoms with Crippen molar-refractivity contribution in [2.45, 2.75) is 0 Å². The van der Waals surface area contributed by atoms with Gasteiger partial charge in [0.05, 0.1) is 12.7 Å². The van der Waals surface area contributed by atoms with Gasteiger partial charge in [-0.05, 0) is 53.6 Å². The SMILES string of the molecule is COC(=O)c1ccc(Cl)cc1-c1ccc2c(c1)Oc1ccccc1O2. The molecule has 0 bridgehead atoms. The number of hydrogen-bond donors (Lipinski definition) is 0. The highest BCUT2D eigenvalue weighted by Gasteiger charge is 2.20. The summed E-state index contributed by atoms with van der Waals surface area (Å²) >= 11 is 6.12. The molecule has 1 heterocycles. The highest BCUT2D eigenvalue weighted by Crippen LogP contribution is 2.46. The zero-order valence-corrected chi connectivity index (χ0v) is 14.0. The van der Waals surface area contributed by atoms with Gasteiger partial charge in [-0.25, -0.2) is 4.79 Å². The van der Waals surface area contributed by atoms with Crippen molar-refractivity contribution in [1.29, 1.82) is 0 Å². The van der Waals surface area contributed by atoms with Crippen molar-refractivity contribution in [3.63, 3.8) is 0 Å². The number of methoxy groups -OCH3 is 1. The van der Waals surface area contributed by atoms with Gasteiger partial charge in [0.1, 0.15) is 0 Å². The first-order chi connectivity index (χ1) is 12.2. The smallest absolute Gasteiger partial charge is 0.338 e. The summed E-state index contributed by atoms with van der Waals surface area (Å²) in [6.07, 6.45) is 0. The van der Waals surface area contributed by atoms with Crippen LogP contribution >= 0.6 is 11.6 Å². The molecule has 0 aromatic heterocycles. The number of esters is 1. The summed E-state index contributed by atoms with van der Waals surface area (Å²) in [5.41, 5.74) is 1.89. The van der Waals surface area contributed by atoms with Crippen LogP contribution < -0.4 is 9.47 Å². The third-order valence-corrected chi connectivity index (χ3v) is 4.17. The lowest BCUT2D eigenvalue weighted by molar-refractivity contribution is 0.0601. The van der Waals surface area contributed by atoms with Crippen LogP contribution in [0.3, 0.4) is 0 Å². The first-order valence-electron chi connectivity index (χ1n) is 7.63. The minimum absolute atomic E-state index is 0.424. The molecule has 0 saturated carbocycles. The molecule has 25 heavy (non-hydrogen) atoms. The van der Waals surface area contributed by atoms with Gasteiger partial charge >= 0.3 is 5.97 Å². The van der Waals surface area contributed by atoms with Crippen molar-refractivity contribution in [1.82, 2.24) is 0 Å². The molecule has 0 spiro atoms. The third-order valence-electron chi connectivity index (χ3n) is 3.93. The Morgan fingerprint density at radius 3 is 2.28 bits per heavy atom. The van der Waals surface area contributed by atoms with E-state index in [1.165, 1.54) is 7.11 Å². The van der Waals surface area contributed by atoms with E-state index in [1.54, 1.807) is 18.2 Å². The van der Waals surface area contributed by atoms with Crippen molar-refractivity contribution < 1.29 is 19.0 Å². The molecule has 0 unspecified atom stereocenters. The highest BCUT2D eigenvalue weighted by molar-refractivity contribution is 6.31. The maximum atomic E-state index is 12.1. The molecule has 3 aromatic carbocycles. The Bertz CT molecular complexity index is 981. The summed E-state index contributed by atoms with van der Waals surface area (Å²) in [4.78, 5) is 12.1. The average Bonchev–Trinajstić information content (AvgIpc) is 2.65. The van der Waals surface area contributed by atoms with Gasteiger partial charge in [-0.1, -0.05) is 29.8 Å². The number of para-hydroxylation sites is 2. The highest BCUT2D eigenvalue weighted by atomic mass is 35.5. The van der Waals surface area contributed by atoms with E-state index in [2.05, 4.69) is 0 Å². The number of rotatable bonds is 2. The molecule has 5 heteroatoms. The lowest BCUT2D eigenvalue weighted by Crippen LogP contribution is -2.04. The quantitative estimate of drug-likeness (QED) is 0.434. The Balaban J connectivity index is 1.80. The summed E-state index contributed by atoms with van der Waals surface area (Å²) < 4.78 is 16.6. The predicted octanol–water partition coefficient (Wildman–Crippen LogP) is 5.69. The maximum absolute atomic E-state index is 12.1. The van der Waals surface area contributed by atoms with Gasteiger partial charge in [0.25, 0.3) is 0 Å². The van der Waals surface area contributed by atoms with Crippen molar-refractivity contribution in [2.24, 2.45) is 0 Å². The second kappa shape index (κ2) is 6.15. The Morgan fingerprint density at radius 1 is 0.880 bits per heavy atom. The fourth-order valence-electron chi connectivity index (χ4n) is 2.74. The van der Waals surface area contributed by atoms with Crippen LogP contribution in [0.1, 0.15) is 10.4 Å². The standard InChI is InChI=1S/C20H13ClO4/c1-23-20(22)14-8-7-13(21)11-15(14)12-6-9-18-19(10-12)25-17-5-3-2-4-16(17)24-18/h2-11H,1H3. The van der Waals surface area contributed by atoms with Crippen LogP contribution in [0.25, 0.3) is 11.1 Å². The average molecular weight is 353 g/mol. The number of ether oxygens (including phenoxy) is 3. The first-order valence-corrected chi connectivity index (χ1v) is 8.00. The van der Waals surface area contributed by atoms with E-state index in [9.17, 15) is 4.79 Å². The van der Waals surface area contributed by atoms with Crippen molar-refractivity contribution >= 4 is 17.6 Å². The third kappa shape index (κ3) is 2.81. The molecular weight excluding hydrogens is 340 g/mol. The van der Waals surface area contributed by atoms with E-state index in [0.717, 1.165) is 5.56 Å². The van der Waals surface area contributed by atoms with Gasteiger partial charge < -0.3 is 14.2 Å². The van der Waals surface area contributed by atoms with E-state index in [0.29, 0.717) is 39.1 Å². The molecule has 0 N–H and O–H groups in total. The summed E-state index contributed by atoms with van der Waals surface area (Å²) in [5.74, 6) is 2.08. The minimum Gasteiger partial charge on any atom is -0.465 e. The van der Waals surface area contributed by atoms with Crippen molar-refractivity contribution in [3.8, 4) is 34.1 Å². The first kappa shape index (κ1) is 15.5. The monoisotopic (exact) mass is 352 g/mol. The Labute approximate surface area is 149 Å². The van der Waals surface area contributed by atoms with Gasteiger partial charge in [0.2, 0.25) is 0 Å². The number of carbonyl (C=O) groups excluding carboxylic acids is 1. The number of carbonyl (C=O) groups is 1. The molecule has 0 atom stereocenters. The molecule has 0 aliphatic carbocycles. The van der Waals surface area contributed by atoms with E-state index in [4.69, 9.17) is 25.8 Å². The van der Waals surface area contributed by atoms with Gasteiger partial charge in [0.15, 0.2) is 23.0 Å². The van der Waals surface area contributed by atoms with Gasteiger partial charge in [-0.15, -0.1) is 0 Å². The molecule has 1 aliphatic rings. The van der Waals surface area contributed by atoms with Crippen LogP contribution in [0.5, 0.6) is 23.0 Å². The normalized spacial score (nSPS) is 11.6. The van der Waals surface area contributed by atoms with Crippen LogP contribution in [0.4, 0.5) is 0 Å². The maximum Gasteiger partial charge on any atom is 0.338 e. The lowest BCUT2D eigenvalue weighted by atomic mass is 9.99.